The molecule has 1 unspecified atom stereocenters. The minimum Gasteiger partial charge on any atom is -0.481 e. The van der Waals surface area contributed by atoms with E-state index in [9.17, 15) is 9.90 Å². The van der Waals surface area contributed by atoms with Gasteiger partial charge in [-0.3, -0.25) is 4.79 Å². The molecule has 0 bridgehead atoms. The summed E-state index contributed by atoms with van der Waals surface area (Å²) < 4.78 is 0. The molecular formula is C14H22MgO2. The molecule has 0 amide bonds. The van der Waals surface area contributed by atoms with E-state index in [0.717, 1.165) is 24.8 Å². The van der Waals surface area contributed by atoms with E-state index >= 15 is 0 Å². The molecule has 1 aromatic carbocycles. The van der Waals surface area contributed by atoms with Crippen molar-refractivity contribution >= 4 is 29.0 Å². The maximum absolute atomic E-state index is 11.4. The Hall–Kier alpha value is -0.544. The fourth-order valence-electron chi connectivity index (χ4n) is 1.91. The maximum atomic E-state index is 11.4. The van der Waals surface area contributed by atoms with Gasteiger partial charge in [0.25, 0.3) is 0 Å². The Morgan fingerprint density at radius 1 is 1.24 bits per heavy atom. The van der Waals surface area contributed by atoms with Crippen molar-refractivity contribution in [2.75, 3.05) is 0 Å². The Bertz CT molecular complexity index is 337. The molecule has 0 aliphatic rings. The molecule has 0 radical (unpaired) electrons. The predicted molar refractivity (Wildman–Crippen MR) is 74.1 cm³/mol. The fraction of sp³-hybridized carbons (Fsp3) is 0.500. The second kappa shape index (κ2) is 7.72. The largest absolute Gasteiger partial charge is 0.481 e. The highest BCUT2D eigenvalue weighted by molar-refractivity contribution is 5.80. The van der Waals surface area contributed by atoms with E-state index in [4.69, 9.17) is 0 Å². The number of hydrogen-bond donors (Lipinski definition) is 1. The van der Waals surface area contributed by atoms with Crippen LogP contribution in [0.5, 0.6) is 0 Å². The second-order valence-corrected chi connectivity index (χ2v) is 4.46. The first-order valence-electron chi connectivity index (χ1n) is 5.90. The standard InChI is InChI=1S/C14H20O2.Mg.2H/c1-3-4-8-11-14(2,13(15)16)12-9-6-5-7-10-12;;;/h5-7,9-10H,3-4,8,11H2,1-2H3,(H,15,16);;;. The van der Waals surface area contributed by atoms with E-state index < -0.39 is 11.4 Å². The van der Waals surface area contributed by atoms with Gasteiger partial charge in [-0.25, -0.2) is 0 Å². The SMILES string of the molecule is CCCCCC(C)(C(=O)O)c1ccccc1.[MgH2]. The summed E-state index contributed by atoms with van der Waals surface area (Å²) in [5.74, 6) is -0.727. The van der Waals surface area contributed by atoms with Crippen molar-refractivity contribution in [1.82, 2.24) is 0 Å². The van der Waals surface area contributed by atoms with Crippen LogP contribution in [0.3, 0.4) is 0 Å². The van der Waals surface area contributed by atoms with Crippen LogP contribution in [-0.4, -0.2) is 34.1 Å². The van der Waals surface area contributed by atoms with Crippen molar-refractivity contribution in [2.45, 2.75) is 44.9 Å². The summed E-state index contributed by atoms with van der Waals surface area (Å²) in [4.78, 5) is 11.4. The number of benzene rings is 1. The molecule has 1 N–H and O–H groups in total. The topological polar surface area (TPSA) is 37.3 Å². The third kappa shape index (κ3) is 4.32. The first-order valence-corrected chi connectivity index (χ1v) is 5.90. The normalized spacial score (nSPS) is 13.5. The Morgan fingerprint density at radius 3 is 2.29 bits per heavy atom. The monoisotopic (exact) mass is 246 g/mol. The summed E-state index contributed by atoms with van der Waals surface area (Å²) in [6, 6.07) is 9.52. The number of unbranched alkanes of at least 4 members (excludes halogenated alkanes) is 2. The van der Waals surface area contributed by atoms with Gasteiger partial charge in [-0.1, -0.05) is 56.5 Å². The zero-order chi connectivity index (χ0) is 12.0. The van der Waals surface area contributed by atoms with Gasteiger partial charge in [-0.2, -0.15) is 0 Å². The Labute approximate surface area is 120 Å². The van der Waals surface area contributed by atoms with Gasteiger partial charge < -0.3 is 5.11 Å². The van der Waals surface area contributed by atoms with Crippen LogP contribution in [0.15, 0.2) is 30.3 Å². The third-order valence-corrected chi connectivity index (χ3v) is 3.16. The molecule has 1 aromatic rings. The van der Waals surface area contributed by atoms with Gasteiger partial charge in [0.05, 0.1) is 5.41 Å². The average Bonchev–Trinajstić information content (AvgIpc) is 2.30. The lowest BCUT2D eigenvalue weighted by atomic mass is 9.78. The van der Waals surface area contributed by atoms with Gasteiger partial charge in [-0.15, -0.1) is 0 Å². The van der Waals surface area contributed by atoms with E-state index in [1.807, 2.05) is 37.3 Å². The lowest BCUT2D eigenvalue weighted by molar-refractivity contribution is -0.143. The quantitative estimate of drug-likeness (QED) is 0.619. The summed E-state index contributed by atoms with van der Waals surface area (Å²) >= 11 is 0. The molecule has 0 heterocycles. The molecule has 0 fully saturated rings. The summed E-state index contributed by atoms with van der Waals surface area (Å²) in [6.07, 6.45) is 3.88. The summed E-state index contributed by atoms with van der Waals surface area (Å²) in [5, 5.41) is 9.39. The molecule has 3 heteroatoms. The number of aliphatic carboxylic acids is 1. The number of carboxylic acid groups (broad SMARTS) is 1. The molecule has 0 saturated carbocycles. The van der Waals surface area contributed by atoms with Crippen LogP contribution in [0.1, 0.15) is 45.1 Å². The van der Waals surface area contributed by atoms with Gasteiger partial charge in [0.1, 0.15) is 0 Å². The van der Waals surface area contributed by atoms with Crippen LogP contribution < -0.4 is 0 Å². The minimum atomic E-state index is -0.740. The predicted octanol–water partition coefficient (Wildman–Crippen LogP) is 2.69. The molecular weight excluding hydrogens is 224 g/mol. The van der Waals surface area contributed by atoms with Crippen molar-refractivity contribution in [1.29, 1.82) is 0 Å². The Morgan fingerprint density at radius 2 is 1.82 bits per heavy atom. The minimum absolute atomic E-state index is 0. The van der Waals surface area contributed by atoms with Gasteiger partial charge in [0.15, 0.2) is 0 Å². The second-order valence-electron chi connectivity index (χ2n) is 4.46. The highest BCUT2D eigenvalue weighted by Gasteiger charge is 2.34. The van der Waals surface area contributed by atoms with E-state index in [0.29, 0.717) is 6.42 Å². The molecule has 0 aliphatic carbocycles. The van der Waals surface area contributed by atoms with Crippen LogP contribution in [0.2, 0.25) is 0 Å². The highest BCUT2D eigenvalue weighted by atomic mass is 24.3. The molecule has 2 nitrogen and oxygen atoms in total. The lowest BCUT2D eigenvalue weighted by Crippen LogP contribution is -2.32. The van der Waals surface area contributed by atoms with Crippen molar-refractivity contribution in [3.05, 3.63) is 35.9 Å². The third-order valence-electron chi connectivity index (χ3n) is 3.16. The van der Waals surface area contributed by atoms with Gasteiger partial charge >= 0.3 is 29.0 Å². The number of carbonyl (C=O) groups is 1. The lowest BCUT2D eigenvalue weighted by Gasteiger charge is -2.25. The molecule has 1 rings (SSSR count). The van der Waals surface area contributed by atoms with Crippen molar-refractivity contribution in [2.24, 2.45) is 0 Å². The van der Waals surface area contributed by atoms with Crippen molar-refractivity contribution < 1.29 is 9.90 Å². The summed E-state index contributed by atoms with van der Waals surface area (Å²) in [5.41, 5.74) is 0.162. The fourth-order valence-corrected chi connectivity index (χ4v) is 1.91. The molecule has 0 spiro atoms. The van der Waals surface area contributed by atoms with Crippen molar-refractivity contribution in [3.8, 4) is 0 Å². The van der Waals surface area contributed by atoms with Crippen LogP contribution in [0, 0.1) is 0 Å². The molecule has 0 aromatic heterocycles. The number of hydrogen-bond acceptors (Lipinski definition) is 1. The van der Waals surface area contributed by atoms with Crippen LogP contribution in [0.25, 0.3) is 0 Å². The van der Waals surface area contributed by atoms with Gasteiger partial charge in [-0.05, 0) is 18.9 Å². The number of rotatable bonds is 6. The van der Waals surface area contributed by atoms with Crippen LogP contribution in [-0.2, 0) is 10.2 Å². The maximum Gasteiger partial charge on any atom is 0.316 e. The zero-order valence-electron chi connectivity index (χ0n) is 10.1. The van der Waals surface area contributed by atoms with Crippen LogP contribution in [0.4, 0.5) is 0 Å². The summed E-state index contributed by atoms with van der Waals surface area (Å²) in [7, 11) is 0. The molecule has 17 heavy (non-hydrogen) atoms. The Kier molecular flexibility index (Phi) is 7.47. The van der Waals surface area contributed by atoms with Gasteiger partial charge in [0, 0.05) is 0 Å². The first kappa shape index (κ1) is 16.5. The van der Waals surface area contributed by atoms with Crippen LogP contribution >= 0.6 is 0 Å². The molecule has 92 valence electrons. The molecule has 0 saturated heterocycles. The molecule has 1 atom stereocenters. The first-order chi connectivity index (χ1) is 7.61. The number of carboxylic acids is 1. The van der Waals surface area contributed by atoms with E-state index in [2.05, 4.69) is 6.92 Å². The Balaban J connectivity index is 0.00000256. The van der Waals surface area contributed by atoms with E-state index in [-0.39, 0.29) is 23.1 Å². The van der Waals surface area contributed by atoms with Crippen molar-refractivity contribution in [3.63, 3.8) is 0 Å². The smallest absolute Gasteiger partial charge is 0.316 e. The van der Waals surface area contributed by atoms with E-state index in [1.54, 1.807) is 0 Å². The van der Waals surface area contributed by atoms with Gasteiger partial charge in [0.2, 0.25) is 0 Å². The zero-order valence-corrected chi connectivity index (χ0v) is 10.1. The summed E-state index contributed by atoms with van der Waals surface area (Å²) in [6.45, 7) is 3.95. The van der Waals surface area contributed by atoms with E-state index in [1.165, 1.54) is 0 Å². The average molecular weight is 247 g/mol. The molecule has 0 aliphatic heterocycles. The highest BCUT2D eigenvalue weighted by Crippen LogP contribution is 2.30.